The Labute approximate surface area is 191 Å². The summed E-state index contributed by atoms with van der Waals surface area (Å²) in [6.07, 6.45) is 19.8. The molecule has 3 atom stereocenters. The molecule has 0 saturated heterocycles. The first-order valence-electron chi connectivity index (χ1n) is 12.1. The summed E-state index contributed by atoms with van der Waals surface area (Å²) in [5.41, 5.74) is 8.65. The van der Waals surface area contributed by atoms with E-state index < -0.39 is 0 Å². The summed E-state index contributed by atoms with van der Waals surface area (Å²) < 4.78 is 5.16. The van der Waals surface area contributed by atoms with E-state index in [1.807, 2.05) is 11.8 Å². The highest BCUT2D eigenvalue weighted by atomic mass is 32.2. The fourth-order valence-corrected chi connectivity index (χ4v) is 4.78. The molecule has 4 heteroatoms. The second-order valence-corrected chi connectivity index (χ2v) is 10.8. The SMILES string of the molecule is C/C(=C\CSCC(N)C1=COC=CN1)CCCC(C)CCCC(C)CCCC(C)C. The van der Waals surface area contributed by atoms with Gasteiger partial charge >= 0.3 is 0 Å². The van der Waals surface area contributed by atoms with Crippen molar-refractivity contribution in [3.63, 3.8) is 0 Å². The summed E-state index contributed by atoms with van der Waals surface area (Å²) in [7, 11) is 0. The zero-order chi connectivity index (χ0) is 22.2. The van der Waals surface area contributed by atoms with Crippen LogP contribution in [-0.2, 0) is 4.74 Å². The number of hydrogen-bond acceptors (Lipinski definition) is 4. The van der Waals surface area contributed by atoms with Crippen LogP contribution < -0.4 is 11.1 Å². The van der Waals surface area contributed by atoms with Crippen LogP contribution in [0, 0.1) is 17.8 Å². The van der Waals surface area contributed by atoms with Crippen LogP contribution in [0.1, 0.15) is 92.4 Å². The lowest BCUT2D eigenvalue weighted by atomic mass is 9.91. The van der Waals surface area contributed by atoms with E-state index >= 15 is 0 Å². The van der Waals surface area contributed by atoms with Gasteiger partial charge in [0.05, 0.1) is 11.7 Å². The number of rotatable bonds is 17. The van der Waals surface area contributed by atoms with Gasteiger partial charge in [-0.3, -0.25) is 0 Å². The lowest BCUT2D eigenvalue weighted by molar-refractivity contribution is 0.378. The predicted molar refractivity (Wildman–Crippen MR) is 135 cm³/mol. The van der Waals surface area contributed by atoms with Crippen LogP contribution in [-0.4, -0.2) is 17.5 Å². The van der Waals surface area contributed by atoms with Gasteiger partial charge in [0.15, 0.2) is 0 Å². The van der Waals surface area contributed by atoms with Crippen LogP contribution in [0.5, 0.6) is 0 Å². The fourth-order valence-electron chi connectivity index (χ4n) is 3.81. The Balaban J connectivity index is 2.02. The number of hydrogen-bond donors (Lipinski definition) is 2. The Bertz CT molecular complexity index is 527. The molecule has 0 amide bonds. The smallest absolute Gasteiger partial charge is 0.111 e. The monoisotopic (exact) mass is 436 g/mol. The van der Waals surface area contributed by atoms with Gasteiger partial charge in [-0.25, -0.2) is 0 Å². The van der Waals surface area contributed by atoms with E-state index in [9.17, 15) is 0 Å². The molecular weight excluding hydrogens is 388 g/mol. The second kappa shape index (κ2) is 16.8. The van der Waals surface area contributed by atoms with E-state index in [0.717, 1.165) is 35.0 Å². The fraction of sp³-hybridized carbons (Fsp3) is 0.769. The minimum Gasteiger partial charge on any atom is -0.469 e. The molecule has 0 aromatic carbocycles. The average Bonchev–Trinajstić information content (AvgIpc) is 2.71. The van der Waals surface area contributed by atoms with Crippen LogP contribution in [0.15, 0.2) is 36.1 Å². The molecule has 1 rings (SSSR count). The van der Waals surface area contributed by atoms with Crippen LogP contribution >= 0.6 is 11.8 Å². The quantitative estimate of drug-likeness (QED) is 0.185. The molecule has 0 saturated carbocycles. The Morgan fingerprint density at radius 3 is 2.27 bits per heavy atom. The molecular formula is C26H48N2OS. The van der Waals surface area contributed by atoms with Crippen molar-refractivity contribution in [3.05, 3.63) is 36.1 Å². The maximum atomic E-state index is 6.19. The lowest BCUT2D eigenvalue weighted by Crippen LogP contribution is -2.32. The Morgan fingerprint density at radius 2 is 1.67 bits per heavy atom. The second-order valence-electron chi connectivity index (χ2n) is 9.71. The standard InChI is InChI=1S/C26H48N2OS/c1-21(2)9-6-10-22(3)11-7-12-23(4)13-8-14-24(5)15-18-30-20-25(27)26-19-29-17-16-28-26/h15-17,19,21-23,25,28H,6-14,18,20,27H2,1-5H3/b24-15+. The molecule has 0 aromatic heterocycles. The van der Waals surface area contributed by atoms with E-state index in [1.54, 1.807) is 18.7 Å². The Morgan fingerprint density at radius 1 is 1.03 bits per heavy atom. The molecule has 0 spiro atoms. The third kappa shape index (κ3) is 14.2. The molecule has 3 unspecified atom stereocenters. The van der Waals surface area contributed by atoms with Crippen molar-refractivity contribution in [1.82, 2.24) is 5.32 Å². The van der Waals surface area contributed by atoms with Crippen molar-refractivity contribution in [2.45, 2.75) is 98.4 Å². The minimum absolute atomic E-state index is 0.00701. The molecule has 0 bridgehead atoms. The molecule has 174 valence electrons. The molecule has 30 heavy (non-hydrogen) atoms. The third-order valence-corrected chi connectivity index (χ3v) is 6.98. The summed E-state index contributed by atoms with van der Waals surface area (Å²) in [5, 5.41) is 3.14. The van der Waals surface area contributed by atoms with E-state index in [1.165, 1.54) is 63.4 Å². The van der Waals surface area contributed by atoms with E-state index in [-0.39, 0.29) is 6.04 Å². The van der Waals surface area contributed by atoms with Gasteiger partial charge in [-0.2, -0.15) is 11.8 Å². The number of ether oxygens (including phenoxy) is 1. The van der Waals surface area contributed by atoms with E-state index in [2.05, 4.69) is 46.0 Å². The first-order chi connectivity index (χ1) is 14.4. The summed E-state index contributed by atoms with van der Waals surface area (Å²) in [5.74, 6) is 4.55. The van der Waals surface area contributed by atoms with Gasteiger partial charge < -0.3 is 15.8 Å². The summed E-state index contributed by atoms with van der Waals surface area (Å²) in [6, 6.07) is -0.00701. The summed E-state index contributed by atoms with van der Waals surface area (Å²) >= 11 is 1.88. The maximum absolute atomic E-state index is 6.19. The molecule has 3 N–H and O–H groups in total. The maximum Gasteiger partial charge on any atom is 0.111 e. The van der Waals surface area contributed by atoms with Crippen molar-refractivity contribution in [1.29, 1.82) is 0 Å². The number of thioether (sulfide) groups is 1. The number of nitrogens with one attached hydrogen (secondary N) is 1. The first-order valence-corrected chi connectivity index (χ1v) is 13.3. The van der Waals surface area contributed by atoms with Gasteiger partial charge in [-0.15, -0.1) is 0 Å². The van der Waals surface area contributed by atoms with Gasteiger partial charge in [-0.05, 0) is 37.5 Å². The summed E-state index contributed by atoms with van der Waals surface area (Å²) in [6.45, 7) is 11.8. The molecule has 1 aliphatic heterocycles. The average molecular weight is 437 g/mol. The molecule has 0 aliphatic carbocycles. The van der Waals surface area contributed by atoms with Gasteiger partial charge in [0.1, 0.15) is 12.5 Å². The summed E-state index contributed by atoms with van der Waals surface area (Å²) in [4.78, 5) is 0. The topological polar surface area (TPSA) is 47.3 Å². The zero-order valence-corrected chi connectivity index (χ0v) is 21.1. The van der Waals surface area contributed by atoms with Crippen molar-refractivity contribution in [2.75, 3.05) is 11.5 Å². The van der Waals surface area contributed by atoms with Crippen LogP contribution in [0.25, 0.3) is 0 Å². The van der Waals surface area contributed by atoms with Crippen LogP contribution in [0.3, 0.4) is 0 Å². The first kappa shape index (κ1) is 27.2. The molecule has 1 heterocycles. The van der Waals surface area contributed by atoms with Crippen molar-refractivity contribution in [2.24, 2.45) is 23.5 Å². The largest absolute Gasteiger partial charge is 0.469 e. The zero-order valence-electron chi connectivity index (χ0n) is 20.3. The van der Waals surface area contributed by atoms with Gasteiger partial charge in [-0.1, -0.05) is 84.3 Å². The minimum atomic E-state index is -0.00701. The van der Waals surface area contributed by atoms with Gasteiger partial charge in [0, 0.05) is 17.7 Å². The van der Waals surface area contributed by atoms with E-state index in [4.69, 9.17) is 10.5 Å². The van der Waals surface area contributed by atoms with Crippen LogP contribution in [0.4, 0.5) is 0 Å². The predicted octanol–water partition coefficient (Wildman–Crippen LogP) is 7.36. The molecule has 3 nitrogen and oxygen atoms in total. The lowest BCUT2D eigenvalue weighted by Gasteiger charge is -2.17. The van der Waals surface area contributed by atoms with E-state index in [0.29, 0.717) is 0 Å². The van der Waals surface area contributed by atoms with Crippen molar-refractivity contribution >= 4 is 11.8 Å². The van der Waals surface area contributed by atoms with Crippen molar-refractivity contribution < 1.29 is 4.74 Å². The number of nitrogens with two attached hydrogens (primary N) is 1. The molecule has 1 aliphatic rings. The highest BCUT2D eigenvalue weighted by molar-refractivity contribution is 7.99. The highest BCUT2D eigenvalue weighted by Gasteiger charge is 2.10. The van der Waals surface area contributed by atoms with Gasteiger partial charge in [0.25, 0.3) is 0 Å². The molecule has 0 fully saturated rings. The Kier molecular flexibility index (Phi) is 15.2. The Hall–Kier alpha value is -0.870. The molecule has 0 radical (unpaired) electrons. The van der Waals surface area contributed by atoms with Gasteiger partial charge in [0.2, 0.25) is 0 Å². The van der Waals surface area contributed by atoms with Crippen LogP contribution in [0.2, 0.25) is 0 Å². The highest BCUT2D eigenvalue weighted by Crippen LogP contribution is 2.22. The van der Waals surface area contributed by atoms with Crippen molar-refractivity contribution in [3.8, 4) is 0 Å². The normalized spacial score (nSPS) is 17.3. The number of allylic oxidation sites excluding steroid dienone is 1. The molecule has 0 aromatic rings. The third-order valence-electron chi connectivity index (χ3n) is 5.98.